The van der Waals surface area contributed by atoms with Crippen molar-refractivity contribution in [1.29, 1.82) is 0 Å². The molecule has 0 aliphatic carbocycles. The van der Waals surface area contributed by atoms with Crippen LogP contribution in [0.3, 0.4) is 0 Å². The summed E-state index contributed by atoms with van der Waals surface area (Å²) in [6.07, 6.45) is 1.05. The zero-order valence-corrected chi connectivity index (χ0v) is 9.93. The summed E-state index contributed by atoms with van der Waals surface area (Å²) in [4.78, 5) is 0. The van der Waals surface area contributed by atoms with Crippen molar-refractivity contribution >= 4 is 0 Å². The number of hydrogen-bond donors (Lipinski definition) is 1. The first kappa shape index (κ1) is 10.5. The number of hydrogen-bond acceptors (Lipinski definition) is 3. The minimum atomic E-state index is 0.472. The molecule has 1 aliphatic rings. The van der Waals surface area contributed by atoms with E-state index in [0.717, 1.165) is 31.2 Å². The van der Waals surface area contributed by atoms with Gasteiger partial charge >= 0.3 is 0 Å². The van der Waals surface area contributed by atoms with E-state index in [-0.39, 0.29) is 0 Å². The highest BCUT2D eigenvalue weighted by atomic mass is 15.3. The second-order valence-electron chi connectivity index (χ2n) is 4.54. The van der Waals surface area contributed by atoms with E-state index in [4.69, 9.17) is 0 Å². The minimum absolute atomic E-state index is 0.472. The predicted molar refractivity (Wildman–Crippen MR) is 65.5 cm³/mol. The lowest BCUT2D eigenvalue weighted by Gasteiger charge is -2.25. The first-order chi connectivity index (χ1) is 8.33. The molecule has 0 radical (unpaired) electrons. The summed E-state index contributed by atoms with van der Waals surface area (Å²) in [5, 5.41) is 11.8. The number of nitrogens with one attached hydrogen (secondary N) is 1. The molecule has 4 nitrogen and oxygen atoms in total. The molecule has 1 aromatic carbocycles. The van der Waals surface area contributed by atoms with Gasteiger partial charge in [-0.25, -0.2) is 0 Å². The van der Waals surface area contributed by atoms with E-state index in [9.17, 15) is 0 Å². The summed E-state index contributed by atoms with van der Waals surface area (Å²) in [6, 6.07) is 11.1. The molecule has 1 aliphatic heterocycles. The second-order valence-corrected chi connectivity index (χ2v) is 4.54. The Morgan fingerprint density at radius 2 is 2.12 bits per heavy atom. The topological polar surface area (TPSA) is 42.7 Å². The Bertz CT molecular complexity index is 503. The summed E-state index contributed by atoms with van der Waals surface area (Å²) in [5.41, 5.74) is 1.37. The van der Waals surface area contributed by atoms with Gasteiger partial charge in [0.2, 0.25) is 0 Å². The van der Waals surface area contributed by atoms with Crippen LogP contribution in [-0.2, 0) is 19.5 Å². The van der Waals surface area contributed by atoms with Gasteiger partial charge in [-0.1, -0.05) is 30.3 Å². The predicted octanol–water partition coefficient (Wildman–Crippen LogP) is 1.30. The van der Waals surface area contributed by atoms with Crippen LogP contribution in [0.25, 0.3) is 0 Å². The van der Waals surface area contributed by atoms with Gasteiger partial charge in [0.05, 0.1) is 6.54 Å². The average molecular weight is 228 g/mol. The zero-order valence-electron chi connectivity index (χ0n) is 9.93. The Morgan fingerprint density at radius 3 is 2.94 bits per heavy atom. The third-order valence-corrected chi connectivity index (χ3v) is 3.29. The van der Waals surface area contributed by atoms with Crippen LogP contribution in [0.4, 0.5) is 0 Å². The lowest BCUT2D eigenvalue weighted by Crippen LogP contribution is -2.40. The standard InChI is InChI=1S/C13H16N4/c1-10-15-16-13-8-14-12(9-17(10)13)7-11-5-3-2-4-6-11/h2-6,12,14H,7-9H2,1H3. The number of aromatic nitrogens is 3. The SMILES string of the molecule is Cc1nnc2n1CC(Cc1ccccc1)NC2. The van der Waals surface area contributed by atoms with Gasteiger partial charge in [0.25, 0.3) is 0 Å². The first-order valence-electron chi connectivity index (χ1n) is 5.99. The molecule has 1 atom stereocenters. The summed E-state index contributed by atoms with van der Waals surface area (Å²) in [6.45, 7) is 3.79. The van der Waals surface area contributed by atoms with E-state index in [1.165, 1.54) is 5.56 Å². The summed E-state index contributed by atoms with van der Waals surface area (Å²) >= 11 is 0. The van der Waals surface area contributed by atoms with Crippen molar-refractivity contribution in [2.24, 2.45) is 0 Å². The summed E-state index contributed by atoms with van der Waals surface area (Å²) < 4.78 is 2.21. The van der Waals surface area contributed by atoms with Crippen LogP contribution in [0.5, 0.6) is 0 Å². The fourth-order valence-electron chi connectivity index (χ4n) is 2.35. The van der Waals surface area contributed by atoms with Gasteiger partial charge in [0.1, 0.15) is 11.6 Å². The van der Waals surface area contributed by atoms with E-state index < -0.39 is 0 Å². The normalized spacial score (nSPS) is 19.0. The van der Waals surface area contributed by atoms with Gasteiger partial charge in [-0.15, -0.1) is 10.2 Å². The van der Waals surface area contributed by atoms with E-state index >= 15 is 0 Å². The first-order valence-corrected chi connectivity index (χ1v) is 5.99. The Morgan fingerprint density at radius 1 is 1.29 bits per heavy atom. The second kappa shape index (κ2) is 4.30. The van der Waals surface area contributed by atoms with Crippen molar-refractivity contribution in [2.45, 2.75) is 32.5 Å². The third kappa shape index (κ3) is 2.08. The molecule has 0 saturated carbocycles. The van der Waals surface area contributed by atoms with E-state index in [0.29, 0.717) is 6.04 Å². The molecule has 88 valence electrons. The van der Waals surface area contributed by atoms with Gasteiger partial charge in [0.15, 0.2) is 0 Å². The highest BCUT2D eigenvalue weighted by molar-refractivity contribution is 5.16. The molecule has 0 amide bonds. The largest absolute Gasteiger partial charge is 0.313 e. The maximum Gasteiger partial charge on any atom is 0.147 e. The minimum Gasteiger partial charge on any atom is -0.313 e. The number of nitrogens with zero attached hydrogens (tertiary/aromatic N) is 3. The molecular weight excluding hydrogens is 212 g/mol. The van der Waals surface area contributed by atoms with Crippen molar-refractivity contribution in [2.75, 3.05) is 0 Å². The third-order valence-electron chi connectivity index (χ3n) is 3.29. The number of fused-ring (bicyclic) bond motifs is 1. The Labute approximate surface area is 101 Å². The Kier molecular flexibility index (Phi) is 2.65. The smallest absolute Gasteiger partial charge is 0.147 e. The van der Waals surface area contributed by atoms with E-state index in [1.807, 2.05) is 6.92 Å². The van der Waals surface area contributed by atoms with Crippen LogP contribution in [0, 0.1) is 6.92 Å². The lowest BCUT2D eigenvalue weighted by molar-refractivity contribution is 0.381. The quantitative estimate of drug-likeness (QED) is 0.842. The zero-order chi connectivity index (χ0) is 11.7. The Balaban J connectivity index is 1.74. The maximum atomic E-state index is 4.15. The lowest BCUT2D eigenvalue weighted by atomic mass is 10.0. The molecule has 0 saturated heterocycles. The monoisotopic (exact) mass is 228 g/mol. The maximum absolute atomic E-state index is 4.15. The number of rotatable bonds is 2. The highest BCUT2D eigenvalue weighted by Gasteiger charge is 2.20. The molecule has 0 bridgehead atoms. The van der Waals surface area contributed by atoms with Gasteiger partial charge in [-0.3, -0.25) is 0 Å². The number of benzene rings is 1. The molecule has 1 unspecified atom stereocenters. The van der Waals surface area contributed by atoms with Crippen LogP contribution in [0.15, 0.2) is 30.3 Å². The number of aryl methyl sites for hydroxylation is 1. The van der Waals surface area contributed by atoms with Gasteiger partial charge in [-0.2, -0.15) is 0 Å². The molecule has 0 spiro atoms. The van der Waals surface area contributed by atoms with E-state index in [1.54, 1.807) is 0 Å². The summed E-state index contributed by atoms with van der Waals surface area (Å²) in [5.74, 6) is 2.06. The molecule has 1 aromatic heterocycles. The van der Waals surface area contributed by atoms with Crippen LogP contribution >= 0.6 is 0 Å². The van der Waals surface area contributed by atoms with Crippen molar-refractivity contribution in [3.63, 3.8) is 0 Å². The molecule has 17 heavy (non-hydrogen) atoms. The Hall–Kier alpha value is -1.68. The van der Waals surface area contributed by atoms with Gasteiger partial charge < -0.3 is 9.88 Å². The average Bonchev–Trinajstić information content (AvgIpc) is 2.73. The van der Waals surface area contributed by atoms with Crippen LogP contribution in [0.1, 0.15) is 17.2 Å². The van der Waals surface area contributed by atoms with Gasteiger partial charge in [0, 0.05) is 12.6 Å². The molecule has 2 aromatic rings. The molecule has 4 heteroatoms. The molecule has 0 fully saturated rings. The van der Waals surface area contributed by atoms with Crippen molar-refractivity contribution in [3.8, 4) is 0 Å². The highest BCUT2D eigenvalue weighted by Crippen LogP contribution is 2.12. The molecular formula is C13H16N4. The molecule has 2 heterocycles. The molecule has 3 rings (SSSR count). The fourth-order valence-corrected chi connectivity index (χ4v) is 2.35. The van der Waals surface area contributed by atoms with Crippen molar-refractivity contribution in [1.82, 2.24) is 20.1 Å². The van der Waals surface area contributed by atoms with Crippen LogP contribution in [-0.4, -0.2) is 20.8 Å². The van der Waals surface area contributed by atoms with Gasteiger partial charge in [-0.05, 0) is 18.9 Å². The van der Waals surface area contributed by atoms with Crippen molar-refractivity contribution in [3.05, 3.63) is 47.5 Å². The van der Waals surface area contributed by atoms with E-state index in [2.05, 4.69) is 50.4 Å². The van der Waals surface area contributed by atoms with Crippen LogP contribution < -0.4 is 5.32 Å². The summed E-state index contributed by atoms with van der Waals surface area (Å²) in [7, 11) is 0. The van der Waals surface area contributed by atoms with Crippen molar-refractivity contribution < 1.29 is 0 Å². The molecule has 1 N–H and O–H groups in total. The van der Waals surface area contributed by atoms with Crippen LogP contribution in [0.2, 0.25) is 0 Å². The fraction of sp³-hybridized carbons (Fsp3) is 0.385.